The number of nitrogens with two attached hydrogens (primary N) is 1. The molecule has 0 amide bonds. The van der Waals surface area contributed by atoms with E-state index < -0.39 is 0 Å². The van der Waals surface area contributed by atoms with E-state index in [1.165, 1.54) is 25.1 Å². The Morgan fingerprint density at radius 3 is 3.17 bits per heavy atom. The van der Waals surface area contributed by atoms with E-state index in [-0.39, 0.29) is 12.4 Å². The van der Waals surface area contributed by atoms with Gasteiger partial charge in [-0.25, -0.2) is 0 Å². The zero-order valence-corrected chi connectivity index (χ0v) is 7.89. The smallest absolute Gasteiger partial charge is 0.0222 e. The summed E-state index contributed by atoms with van der Waals surface area (Å²) in [6.45, 7) is 1.98. The molecule has 12 heavy (non-hydrogen) atoms. The lowest BCUT2D eigenvalue weighted by Crippen LogP contribution is -2.20. The summed E-state index contributed by atoms with van der Waals surface area (Å²) < 4.78 is 2.32. The predicted octanol–water partition coefficient (Wildman–Crippen LogP) is 1.75. The quantitative estimate of drug-likeness (QED) is 0.712. The highest BCUT2D eigenvalue weighted by molar-refractivity contribution is 5.85. The van der Waals surface area contributed by atoms with Crippen molar-refractivity contribution < 1.29 is 0 Å². The van der Waals surface area contributed by atoms with E-state index in [9.17, 15) is 0 Å². The van der Waals surface area contributed by atoms with Gasteiger partial charge in [0.2, 0.25) is 0 Å². The van der Waals surface area contributed by atoms with Crippen LogP contribution < -0.4 is 5.73 Å². The third kappa shape index (κ3) is 1.50. The van der Waals surface area contributed by atoms with Crippen LogP contribution in [0.15, 0.2) is 18.3 Å². The highest BCUT2D eigenvalue weighted by Gasteiger charge is 2.17. The highest BCUT2D eigenvalue weighted by atomic mass is 35.5. The van der Waals surface area contributed by atoms with E-state index in [0.29, 0.717) is 5.92 Å². The van der Waals surface area contributed by atoms with Crippen LogP contribution in [-0.2, 0) is 6.54 Å². The second-order valence-corrected chi connectivity index (χ2v) is 3.20. The average Bonchev–Trinajstić information content (AvgIpc) is 2.50. The summed E-state index contributed by atoms with van der Waals surface area (Å²) >= 11 is 0. The second kappa shape index (κ2) is 3.97. The largest absolute Gasteiger partial charge is 0.351 e. The van der Waals surface area contributed by atoms with Gasteiger partial charge in [0.15, 0.2) is 0 Å². The zero-order valence-electron chi connectivity index (χ0n) is 7.07. The number of fused-ring (bicyclic) bond motifs is 1. The van der Waals surface area contributed by atoms with Gasteiger partial charge in [0.25, 0.3) is 0 Å². The first-order chi connectivity index (χ1) is 5.42. The fourth-order valence-corrected chi connectivity index (χ4v) is 1.90. The van der Waals surface area contributed by atoms with Crippen LogP contribution in [-0.4, -0.2) is 11.1 Å². The van der Waals surface area contributed by atoms with E-state index in [0.717, 1.165) is 6.54 Å². The van der Waals surface area contributed by atoms with Crippen molar-refractivity contribution in [3.8, 4) is 0 Å². The molecule has 1 aromatic rings. The van der Waals surface area contributed by atoms with Crippen molar-refractivity contribution in [2.45, 2.75) is 25.3 Å². The minimum atomic E-state index is 0. The van der Waals surface area contributed by atoms with Gasteiger partial charge in [-0.15, -0.1) is 12.4 Å². The Balaban J connectivity index is 0.000000720. The fraction of sp³-hybridized carbons (Fsp3) is 0.556. The molecule has 0 radical (unpaired) electrons. The summed E-state index contributed by atoms with van der Waals surface area (Å²) in [4.78, 5) is 0. The molecule has 0 aromatic carbocycles. The van der Waals surface area contributed by atoms with Crippen LogP contribution in [0.3, 0.4) is 0 Å². The van der Waals surface area contributed by atoms with E-state index in [1.54, 1.807) is 0 Å². The third-order valence-corrected chi connectivity index (χ3v) is 2.52. The van der Waals surface area contributed by atoms with Gasteiger partial charge in [0.1, 0.15) is 0 Å². The molecule has 1 aliphatic heterocycles. The predicted molar refractivity (Wildman–Crippen MR) is 52.7 cm³/mol. The van der Waals surface area contributed by atoms with Gasteiger partial charge in [-0.05, 0) is 25.0 Å². The lowest BCUT2D eigenvalue weighted by atomic mass is 9.96. The maximum absolute atomic E-state index is 5.66. The standard InChI is InChI=1S/C9H14N2.ClH/c10-7-8-3-1-5-11-6-2-4-9(8)11;/h2,4,6,8H,1,3,5,7,10H2;1H/t8-;/m0./s1. The molecule has 0 aliphatic carbocycles. The molecule has 2 rings (SSSR count). The Bertz CT molecular complexity index is 244. The number of halogens is 1. The molecule has 2 N–H and O–H groups in total. The topological polar surface area (TPSA) is 30.9 Å². The number of aryl methyl sites for hydroxylation is 1. The molecule has 0 fully saturated rings. The SMILES string of the molecule is Cl.NC[C@@H]1CCCn2cccc21. The summed E-state index contributed by atoms with van der Waals surface area (Å²) in [5.41, 5.74) is 7.09. The molecular formula is C9H15ClN2. The third-order valence-electron chi connectivity index (χ3n) is 2.52. The van der Waals surface area contributed by atoms with Crippen molar-refractivity contribution >= 4 is 12.4 Å². The summed E-state index contributed by atoms with van der Waals surface area (Å²) in [6, 6.07) is 4.31. The van der Waals surface area contributed by atoms with Crippen molar-refractivity contribution in [2.24, 2.45) is 5.73 Å². The van der Waals surface area contributed by atoms with E-state index in [4.69, 9.17) is 5.73 Å². The minimum Gasteiger partial charge on any atom is -0.351 e. The van der Waals surface area contributed by atoms with Crippen LogP contribution in [0, 0.1) is 0 Å². The van der Waals surface area contributed by atoms with Crippen molar-refractivity contribution in [1.29, 1.82) is 0 Å². The molecule has 0 unspecified atom stereocenters. The molecule has 1 aliphatic rings. The molecule has 0 bridgehead atoms. The van der Waals surface area contributed by atoms with Crippen molar-refractivity contribution in [2.75, 3.05) is 6.54 Å². The Morgan fingerprint density at radius 1 is 1.58 bits per heavy atom. The molecule has 68 valence electrons. The zero-order chi connectivity index (χ0) is 7.68. The normalized spacial score (nSPS) is 21.2. The van der Waals surface area contributed by atoms with Crippen LogP contribution in [0.5, 0.6) is 0 Å². The molecular weight excluding hydrogens is 172 g/mol. The molecule has 1 aromatic heterocycles. The van der Waals surface area contributed by atoms with Crippen molar-refractivity contribution in [3.63, 3.8) is 0 Å². The number of hydrogen-bond acceptors (Lipinski definition) is 1. The second-order valence-electron chi connectivity index (χ2n) is 3.20. The maximum Gasteiger partial charge on any atom is 0.0222 e. The van der Waals surface area contributed by atoms with Gasteiger partial charge < -0.3 is 10.3 Å². The van der Waals surface area contributed by atoms with E-state index in [1.807, 2.05) is 0 Å². The van der Waals surface area contributed by atoms with Crippen molar-refractivity contribution in [1.82, 2.24) is 4.57 Å². The van der Waals surface area contributed by atoms with Crippen LogP contribution in [0.1, 0.15) is 24.5 Å². The maximum atomic E-state index is 5.66. The van der Waals surface area contributed by atoms with Crippen molar-refractivity contribution in [3.05, 3.63) is 24.0 Å². The van der Waals surface area contributed by atoms with Crippen LogP contribution in [0.4, 0.5) is 0 Å². The Hall–Kier alpha value is -0.470. The molecule has 0 saturated carbocycles. The van der Waals surface area contributed by atoms with Gasteiger partial charge >= 0.3 is 0 Å². The van der Waals surface area contributed by atoms with Gasteiger partial charge in [0.05, 0.1) is 0 Å². The summed E-state index contributed by atoms with van der Waals surface area (Å²) in [5, 5.41) is 0. The van der Waals surface area contributed by atoms with E-state index >= 15 is 0 Å². The Morgan fingerprint density at radius 2 is 2.42 bits per heavy atom. The molecule has 2 heterocycles. The summed E-state index contributed by atoms with van der Waals surface area (Å²) in [5.74, 6) is 0.610. The number of rotatable bonds is 1. The molecule has 2 nitrogen and oxygen atoms in total. The molecule has 0 spiro atoms. The molecule has 1 atom stereocenters. The first-order valence-electron chi connectivity index (χ1n) is 4.27. The summed E-state index contributed by atoms with van der Waals surface area (Å²) in [6.07, 6.45) is 4.70. The van der Waals surface area contributed by atoms with Gasteiger partial charge in [-0.3, -0.25) is 0 Å². The monoisotopic (exact) mass is 186 g/mol. The molecule has 0 saturated heterocycles. The fourth-order valence-electron chi connectivity index (χ4n) is 1.90. The Kier molecular flexibility index (Phi) is 3.18. The first kappa shape index (κ1) is 9.62. The van der Waals surface area contributed by atoms with Crippen LogP contribution in [0.2, 0.25) is 0 Å². The number of aromatic nitrogens is 1. The lowest BCUT2D eigenvalue weighted by molar-refractivity contribution is 0.459. The van der Waals surface area contributed by atoms with E-state index in [2.05, 4.69) is 22.9 Å². The van der Waals surface area contributed by atoms with Crippen LogP contribution >= 0.6 is 12.4 Å². The van der Waals surface area contributed by atoms with Gasteiger partial charge in [-0.1, -0.05) is 0 Å². The van der Waals surface area contributed by atoms with Gasteiger partial charge in [-0.2, -0.15) is 0 Å². The average molecular weight is 187 g/mol. The molecule has 3 heteroatoms. The summed E-state index contributed by atoms with van der Waals surface area (Å²) in [7, 11) is 0. The lowest BCUT2D eigenvalue weighted by Gasteiger charge is -2.23. The number of nitrogens with zero attached hydrogens (tertiary/aromatic N) is 1. The van der Waals surface area contributed by atoms with Crippen LogP contribution in [0.25, 0.3) is 0 Å². The first-order valence-corrected chi connectivity index (χ1v) is 4.27. The number of hydrogen-bond donors (Lipinski definition) is 1. The minimum absolute atomic E-state index is 0. The highest BCUT2D eigenvalue weighted by Crippen LogP contribution is 2.25. The van der Waals surface area contributed by atoms with Gasteiger partial charge in [0, 0.05) is 30.9 Å². The Labute approximate surface area is 79.2 Å².